The average molecular weight is 326 g/mol. The molecule has 24 heavy (non-hydrogen) atoms. The monoisotopic (exact) mass is 326 g/mol. The fraction of sp³-hybridized carbons (Fsp3) is 0.350. The Kier molecular flexibility index (Phi) is 6.97. The van der Waals surface area contributed by atoms with E-state index in [9.17, 15) is 4.79 Å². The van der Waals surface area contributed by atoms with Gasteiger partial charge in [-0.3, -0.25) is 4.90 Å². The number of nitrogens with zero attached hydrogens (tertiary/aromatic N) is 1. The molecule has 0 atom stereocenters. The summed E-state index contributed by atoms with van der Waals surface area (Å²) in [7, 11) is 0. The van der Waals surface area contributed by atoms with Crippen molar-refractivity contribution in [2.75, 3.05) is 13.1 Å². The second-order valence-electron chi connectivity index (χ2n) is 5.84. The van der Waals surface area contributed by atoms with Crippen molar-refractivity contribution in [3.63, 3.8) is 0 Å². The van der Waals surface area contributed by atoms with Gasteiger partial charge in [0, 0.05) is 19.6 Å². The lowest BCUT2D eigenvalue weighted by Crippen LogP contribution is -2.23. The largest absolute Gasteiger partial charge is 0.478 e. The molecule has 0 heterocycles. The second kappa shape index (κ2) is 9.21. The first-order chi connectivity index (χ1) is 11.6. The minimum atomic E-state index is -0.888. The third-order valence-corrected chi connectivity index (χ3v) is 4.23. The van der Waals surface area contributed by atoms with Gasteiger partial charge in [0.1, 0.15) is 0 Å². The van der Waals surface area contributed by atoms with Crippen molar-refractivity contribution >= 4 is 5.97 Å². The van der Waals surface area contributed by atoms with Crippen molar-refractivity contribution in [2.24, 2.45) is 0 Å². The first-order valence-corrected chi connectivity index (χ1v) is 8.46. The van der Waals surface area contributed by atoms with Crippen molar-refractivity contribution in [1.82, 2.24) is 10.2 Å². The Bertz CT molecular complexity index is 666. The van der Waals surface area contributed by atoms with Crippen molar-refractivity contribution in [3.8, 4) is 0 Å². The molecule has 0 radical (unpaired) electrons. The summed E-state index contributed by atoms with van der Waals surface area (Å²) in [5, 5.41) is 12.5. The van der Waals surface area contributed by atoms with Gasteiger partial charge in [-0.1, -0.05) is 50.2 Å². The van der Waals surface area contributed by atoms with E-state index in [4.69, 9.17) is 5.11 Å². The Morgan fingerprint density at radius 3 is 2.38 bits per heavy atom. The highest BCUT2D eigenvalue weighted by Gasteiger charge is 2.07. The Labute approximate surface area is 144 Å². The maximum Gasteiger partial charge on any atom is 0.335 e. The Morgan fingerprint density at radius 2 is 1.71 bits per heavy atom. The molecule has 0 aliphatic heterocycles. The molecule has 0 amide bonds. The standard InChI is InChI=1S/C20H26N2O2/c1-3-22(4-2)15-19-10-6-5-9-18(19)14-21-13-16-8-7-11-17(12-16)20(23)24/h5-12,21H,3-4,13-15H2,1-2H3,(H,23,24). The van der Waals surface area contributed by atoms with Crippen molar-refractivity contribution < 1.29 is 9.90 Å². The van der Waals surface area contributed by atoms with E-state index in [0.29, 0.717) is 12.1 Å². The van der Waals surface area contributed by atoms with E-state index in [1.165, 1.54) is 11.1 Å². The highest BCUT2D eigenvalue weighted by Crippen LogP contribution is 2.12. The van der Waals surface area contributed by atoms with Crippen LogP contribution in [0.2, 0.25) is 0 Å². The zero-order valence-corrected chi connectivity index (χ0v) is 14.5. The van der Waals surface area contributed by atoms with E-state index in [1.54, 1.807) is 18.2 Å². The number of rotatable bonds is 9. The van der Waals surface area contributed by atoms with Gasteiger partial charge < -0.3 is 10.4 Å². The molecule has 0 aliphatic carbocycles. The summed E-state index contributed by atoms with van der Waals surface area (Å²) >= 11 is 0. The summed E-state index contributed by atoms with van der Waals surface area (Å²) in [5.41, 5.74) is 3.94. The van der Waals surface area contributed by atoms with Crippen molar-refractivity contribution in [2.45, 2.75) is 33.5 Å². The molecular weight excluding hydrogens is 300 g/mol. The summed E-state index contributed by atoms with van der Waals surface area (Å²) in [6.45, 7) is 8.83. The summed E-state index contributed by atoms with van der Waals surface area (Å²) in [5.74, 6) is -0.888. The molecular formula is C20H26N2O2. The van der Waals surface area contributed by atoms with Crippen LogP contribution in [0, 0.1) is 0 Å². The molecule has 128 valence electrons. The third-order valence-electron chi connectivity index (χ3n) is 4.23. The molecule has 0 spiro atoms. The summed E-state index contributed by atoms with van der Waals surface area (Å²) in [4.78, 5) is 13.4. The lowest BCUT2D eigenvalue weighted by atomic mass is 10.1. The lowest BCUT2D eigenvalue weighted by molar-refractivity contribution is 0.0696. The van der Waals surface area contributed by atoms with Gasteiger partial charge >= 0.3 is 5.97 Å². The van der Waals surface area contributed by atoms with Crippen LogP contribution < -0.4 is 5.32 Å². The molecule has 0 unspecified atom stereocenters. The van der Waals surface area contributed by atoms with E-state index in [0.717, 1.165) is 31.7 Å². The zero-order chi connectivity index (χ0) is 17.4. The maximum atomic E-state index is 11.0. The van der Waals surface area contributed by atoms with Crippen LogP contribution in [0.4, 0.5) is 0 Å². The molecule has 0 saturated carbocycles. The minimum Gasteiger partial charge on any atom is -0.478 e. The number of carboxylic acid groups (broad SMARTS) is 1. The van der Waals surface area contributed by atoms with E-state index < -0.39 is 5.97 Å². The maximum absolute atomic E-state index is 11.0. The predicted molar refractivity (Wildman–Crippen MR) is 97.0 cm³/mol. The smallest absolute Gasteiger partial charge is 0.335 e. The van der Waals surface area contributed by atoms with Crippen LogP contribution in [0.5, 0.6) is 0 Å². The number of hydrogen-bond donors (Lipinski definition) is 2. The summed E-state index contributed by atoms with van der Waals surface area (Å²) in [6.07, 6.45) is 0. The fourth-order valence-electron chi connectivity index (χ4n) is 2.73. The topological polar surface area (TPSA) is 52.6 Å². The molecule has 2 aromatic carbocycles. The number of hydrogen-bond acceptors (Lipinski definition) is 3. The van der Waals surface area contributed by atoms with Gasteiger partial charge in [0.15, 0.2) is 0 Å². The van der Waals surface area contributed by atoms with E-state index in [-0.39, 0.29) is 0 Å². The molecule has 0 aliphatic rings. The highest BCUT2D eigenvalue weighted by molar-refractivity contribution is 5.87. The van der Waals surface area contributed by atoms with Crippen LogP contribution in [0.25, 0.3) is 0 Å². The van der Waals surface area contributed by atoms with Crippen LogP contribution >= 0.6 is 0 Å². The van der Waals surface area contributed by atoms with E-state index >= 15 is 0 Å². The predicted octanol–water partition coefficient (Wildman–Crippen LogP) is 3.52. The fourth-order valence-corrected chi connectivity index (χ4v) is 2.73. The molecule has 0 saturated heterocycles. The van der Waals surface area contributed by atoms with Gasteiger partial charge in [0.2, 0.25) is 0 Å². The van der Waals surface area contributed by atoms with Crippen molar-refractivity contribution in [3.05, 3.63) is 70.8 Å². The number of aromatic carboxylic acids is 1. The van der Waals surface area contributed by atoms with Crippen LogP contribution in [-0.2, 0) is 19.6 Å². The molecule has 4 heteroatoms. The minimum absolute atomic E-state index is 0.330. The molecule has 4 nitrogen and oxygen atoms in total. The van der Waals surface area contributed by atoms with Gasteiger partial charge in [-0.2, -0.15) is 0 Å². The van der Waals surface area contributed by atoms with Crippen molar-refractivity contribution in [1.29, 1.82) is 0 Å². The van der Waals surface area contributed by atoms with Crippen LogP contribution in [-0.4, -0.2) is 29.1 Å². The first kappa shape index (κ1) is 18.2. The number of benzene rings is 2. The SMILES string of the molecule is CCN(CC)Cc1ccccc1CNCc1cccc(C(=O)O)c1. The van der Waals surface area contributed by atoms with Crippen LogP contribution in [0.1, 0.15) is 40.9 Å². The van der Waals surface area contributed by atoms with Gasteiger partial charge in [-0.05, 0) is 41.9 Å². The molecule has 2 N–H and O–H groups in total. The first-order valence-electron chi connectivity index (χ1n) is 8.46. The highest BCUT2D eigenvalue weighted by atomic mass is 16.4. The normalized spacial score (nSPS) is 11.0. The second-order valence-corrected chi connectivity index (χ2v) is 5.84. The number of carbonyl (C=O) groups is 1. The average Bonchev–Trinajstić information content (AvgIpc) is 2.61. The molecule has 0 fully saturated rings. The van der Waals surface area contributed by atoms with Crippen LogP contribution in [0.15, 0.2) is 48.5 Å². The Balaban J connectivity index is 1.97. The van der Waals surface area contributed by atoms with E-state index in [1.807, 2.05) is 6.07 Å². The molecule has 2 rings (SSSR count). The number of carboxylic acids is 1. The Hall–Kier alpha value is -2.17. The zero-order valence-electron chi connectivity index (χ0n) is 14.5. The van der Waals surface area contributed by atoms with Gasteiger partial charge in [-0.15, -0.1) is 0 Å². The molecule has 2 aromatic rings. The van der Waals surface area contributed by atoms with Gasteiger partial charge in [0.05, 0.1) is 5.56 Å². The van der Waals surface area contributed by atoms with E-state index in [2.05, 4.69) is 48.3 Å². The number of nitrogens with one attached hydrogen (secondary N) is 1. The Morgan fingerprint density at radius 1 is 1.00 bits per heavy atom. The quantitative estimate of drug-likeness (QED) is 0.740. The summed E-state index contributed by atoms with van der Waals surface area (Å²) in [6, 6.07) is 15.5. The van der Waals surface area contributed by atoms with Gasteiger partial charge in [-0.25, -0.2) is 4.79 Å². The van der Waals surface area contributed by atoms with Gasteiger partial charge in [0.25, 0.3) is 0 Å². The molecule has 0 bridgehead atoms. The third kappa shape index (κ3) is 5.18. The van der Waals surface area contributed by atoms with Crippen LogP contribution in [0.3, 0.4) is 0 Å². The summed E-state index contributed by atoms with van der Waals surface area (Å²) < 4.78 is 0. The molecule has 0 aromatic heterocycles. The lowest BCUT2D eigenvalue weighted by Gasteiger charge is -2.20.